The second-order valence-electron chi connectivity index (χ2n) is 4.47. The topological polar surface area (TPSA) is 49.0 Å². The minimum atomic E-state index is 0.290. The number of hydrogen-bond acceptors (Lipinski definition) is 3. The molecule has 4 heteroatoms. The largest absolute Gasteiger partial charge is 0.469 e. The fourth-order valence-corrected chi connectivity index (χ4v) is 2.03. The summed E-state index contributed by atoms with van der Waals surface area (Å²) in [5.74, 6) is 0.988. The Kier molecular flexibility index (Phi) is 4.48. The third-order valence-corrected chi connectivity index (χ3v) is 3.23. The van der Waals surface area contributed by atoms with Crippen molar-refractivity contribution in [1.82, 2.24) is 0 Å². The van der Waals surface area contributed by atoms with Gasteiger partial charge in [0.1, 0.15) is 11.8 Å². The van der Waals surface area contributed by atoms with E-state index in [9.17, 15) is 0 Å². The van der Waals surface area contributed by atoms with Crippen molar-refractivity contribution in [1.29, 1.82) is 5.26 Å². The highest BCUT2D eigenvalue weighted by Crippen LogP contribution is 2.20. The van der Waals surface area contributed by atoms with Gasteiger partial charge < -0.3 is 9.73 Å². The van der Waals surface area contributed by atoms with Crippen LogP contribution in [0.15, 0.2) is 41.0 Å². The summed E-state index contributed by atoms with van der Waals surface area (Å²) in [6.07, 6.45) is 3.53. The van der Waals surface area contributed by atoms with Gasteiger partial charge in [-0.1, -0.05) is 11.6 Å². The van der Waals surface area contributed by atoms with E-state index in [1.165, 1.54) is 0 Å². The summed E-state index contributed by atoms with van der Waals surface area (Å²) in [5.41, 5.74) is 1.40. The Morgan fingerprint density at radius 2 is 2.26 bits per heavy atom. The third-order valence-electron chi connectivity index (χ3n) is 2.90. The van der Waals surface area contributed by atoms with Gasteiger partial charge in [0, 0.05) is 18.2 Å². The molecule has 1 unspecified atom stereocenters. The zero-order valence-corrected chi connectivity index (χ0v) is 11.4. The zero-order chi connectivity index (χ0) is 13.7. The van der Waals surface area contributed by atoms with E-state index in [4.69, 9.17) is 21.3 Å². The van der Waals surface area contributed by atoms with Crippen LogP contribution in [-0.4, -0.2) is 6.04 Å². The fourth-order valence-electron chi connectivity index (χ4n) is 1.87. The van der Waals surface area contributed by atoms with Crippen molar-refractivity contribution in [3.8, 4) is 6.07 Å². The lowest BCUT2D eigenvalue weighted by atomic mass is 10.1. The minimum Gasteiger partial charge on any atom is -0.469 e. The molecule has 0 radical (unpaired) electrons. The molecule has 0 saturated carbocycles. The van der Waals surface area contributed by atoms with E-state index in [0.29, 0.717) is 10.6 Å². The molecule has 98 valence electrons. The van der Waals surface area contributed by atoms with Crippen molar-refractivity contribution in [3.05, 3.63) is 52.9 Å². The lowest BCUT2D eigenvalue weighted by molar-refractivity contribution is 0.495. The second-order valence-corrected chi connectivity index (χ2v) is 4.88. The van der Waals surface area contributed by atoms with Gasteiger partial charge >= 0.3 is 0 Å². The molecule has 1 atom stereocenters. The molecule has 0 spiro atoms. The molecule has 19 heavy (non-hydrogen) atoms. The van der Waals surface area contributed by atoms with Gasteiger partial charge in [0.05, 0.1) is 16.8 Å². The quantitative estimate of drug-likeness (QED) is 0.887. The maximum absolute atomic E-state index is 8.93. The lowest BCUT2D eigenvalue weighted by Crippen LogP contribution is -2.15. The van der Waals surface area contributed by atoms with E-state index in [2.05, 4.69) is 18.3 Å². The van der Waals surface area contributed by atoms with Gasteiger partial charge in [-0.25, -0.2) is 0 Å². The minimum absolute atomic E-state index is 0.290. The summed E-state index contributed by atoms with van der Waals surface area (Å²) in [6.45, 7) is 2.10. The predicted molar refractivity (Wildman–Crippen MR) is 76.3 cm³/mol. The number of benzene rings is 1. The lowest BCUT2D eigenvalue weighted by Gasteiger charge is -2.15. The van der Waals surface area contributed by atoms with Crippen LogP contribution in [-0.2, 0) is 6.42 Å². The number of nitrogens with one attached hydrogen (secondary N) is 1. The molecule has 0 aliphatic rings. The van der Waals surface area contributed by atoms with Crippen LogP contribution >= 0.6 is 11.6 Å². The first-order valence-electron chi connectivity index (χ1n) is 6.17. The molecule has 2 aromatic rings. The molecule has 1 aromatic carbocycles. The highest BCUT2D eigenvalue weighted by atomic mass is 35.5. The van der Waals surface area contributed by atoms with E-state index in [1.807, 2.05) is 18.2 Å². The molecule has 3 nitrogen and oxygen atoms in total. The predicted octanol–water partition coefficient (Wildman–Crippen LogP) is 4.24. The van der Waals surface area contributed by atoms with Crippen LogP contribution in [0.5, 0.6) is 0 Å². The van der Waals surface area contributed by atoms with E-state index >= 15 is 0 Å². The van der Waals surface area contributed by atoms with Crippen LogP contribution in [0.25, 0.3) is 0 Å². The number of aryl methyl sites for hydroxylation is 1. The average Bonchev–Trinajstić information content (AvgIpc) is 2.92. The number of nitrogens with zero attached hydrogens (tertiary/aromatic N) is 1. The smallest absolute Gasteiger partial charge is 0.103 e. The summed E-state index contributed by atoms with van der Waals surface area (Å²) < 4.78 is 5.30. The molecule has 0 fully saturated rings. The summed E-state index contributed by atoms with van der Waals surface area (Å²) in [4.78, 5) is 0. The van der Waals surface area contributed by atoms with Crippen LogP contribution in [0.2, 0.25) is 5.02 Å². The molecule has 0 amide bonds. The molecule has 1 aromatic heterocycles. The number of anilines is 1. The Bertz CT molecular complexity index is 572. The number of rotatable bonds is 5. The fraction of sp³-hybridized carbons (Fsp3) is 0.267. The van der Waals surface area contributed by atoms with Gasteiger partial charge in [0.25, 0.3) is 0 Å². The summed E-state index contributed by atoms with van der Waals surface area (Å²) in [7, 11) is 0. The van der Waals surface area contributed by atoms with Gasteiger partial charge in [-0.05, 0) is 43.7 Å². The van der Waals surface area contributed by atoms with Crippen LogP contribution in [0.1, 0.15) is 24.7 Å². The normalized spacial score (nSPS) is 11.8. The molecule has 1 heterocycles. The zero-order valence-electron chi connectivity index (χ0n) is 10.7. The Hall–Kier alpha value is -1.92. The molecular weight excluding hydrogens is 260 g/mol. The first kappa shape index (κ1) is 13.5. The summed E-state index contributed by atoms with van der Waals surface area (Å²) in [6, 6.07) is 11.6. The first-order chi connectivity index (χ1) is 9.19. The highest BCUT2D eigenvalue weighted by Gasteiger charge is 2.06. The monoisotopic (exact) mass is 274 g/mol. The molecule has 0 aliphatic carbocycles. The van der Waals surface area contributed by atoms with Gasteiger partial charge in [0.2, 0.25) is 0 Å². The summed E-state index contributed by atoms with van der Waals surface area (Å²) >= 11 is 5.90. The maximum atomic E-state index is 8.93. The third kappa shape index (κ3) is 3.77. The van der Waals surface area contributed by atoms with Crippen molar-refractivity contribution < 1.29 is 4.42 Å². The summed E-state index contributed by atoms with van der Waals surface area (Å²) in [5, 5.41) is 12.8. The van der Waals surface area contributed by atoms with E-state index in [-0.39, 0.29) is 6.04 Å². The second kappa shape index (κ2) is 6.31. The van der Waals surface area contributed by atoms with Crippen molar-refractivity contribution in [2.75, 3.05) is 5.32 Å². The van der Waals surface area contributed by atoms with Crippen LogP contribution in [0.3, 0.4) is 0 Å². The van der Waals surface area contributed by atoms with E-state index in [1.54, 1.807) is 18.4 Å². The molecule has 0 aliphatic heterocycles. The number of nitriles is 1. The van der Waals surface area contributed by atoms with E-state index < -0.39 is 0 Å². The molecule has 2 rings (SSSR count). The van der Waals surface area contributed by atoms with Crippen molar-refractivity contribution in [2.45, 2.75) is 25.8 Å². The Balaban J connectivity index is 1.91. The number of furan rings is 1. The van der Waals surface area contributed by atoms with Crippen LogP contribution in [0, 0.1) is 11.3 Å². The van der Waals surface area contributed by atoms with Crippen LogP contribution < -0.4 is 5.32 Å². The van der Waals surface area contributed by atoms with Crippen LogP contribution in [0.4, 0.5) is 5.69 Å². The Labute approximate surface area is 117 Å². The molecular formula is C15H15ClN2O. The molecule has 0 saturated heterocycles. The highest BCUT2D eigenvalue weighted by molar-refractivity contribution is 6.31. The van der Waals surface area contributed by atoms with Crippen molar-refractivity contribution >= 4 is 17.3 Å². The SMILES string of the molecule is CC(CCc1ccco1)Nc1ccc(Cl)c(C#N)c1. The van der Waals surface area contributed by atoms with E-state index in [0.717, 1.165) is 24.3 Å². The van der Waals surface area contributed by atoms with Gasteiger partial charge in [-0.2, -0.15) is 5.26 Å². The molecule has 0 bridgehead atoms. The first-order valence-corrected chi connectivity index (χ1v) is 6.55. The standard InChI is InChI=1S/C15H15ClN2O/c1-11(4-6-14-3-2-8-19-14)18-13-5-7-15(16)12(9-13)10-17/h2-3,5,7-9,11,18H,4,6H2,1H3. The Morgan fingerprint density at radius 1 is 1.42 bits per heavy atom. The van der Waals surface area contributed by atoms with Crippen molar-refractivity contribution in [2.24, 2.45) is 0 Å². The molecule has 1 N–H and O–H groups in total. The maximum Gasteiger partial charge on any atom is 0.103 e. The van der Waals surface area contributed by atoms with Gasteiger partial charge in [-0.3, -0.25) is 0 Å². The Morgan fingerprint density at radius 3 is 2.95 bits per heavy atom. The number of halogens is 1. The van der Waals surface area contributed by atoms with Gasteiger partial charge in [-0.15, -0.1) is 0 Å². The van der Waals surface area contributed by atoms with Crippen molar-refractivity contribution in [3.63, 3.8) is 0 Å². The number of hydrogen-bond donors (Lipinski definition) is 1. The average molecular weight is 275 g/mol. The van der Waals surface area contributed by atoms with Gasteiger partial charge in [0.15, 0.2) is 0 Å².